The molecule has 0 atom stereocenters. The molecule has 0 aliphatic carbocycles. The van der Waals surface area contributed by atoms with Crippen LogP contribution in [-0.2, 0) is 5.41 Å². The number of hydrogen-bond acceptors (Lipinski definition) is 3. The first-order valence-electron chi connectivity index (χ1n) is 5.43. The maximum absolute atomic E-state index is 13.0. The highest BCUT2D eigenvalue weighted by atomic mass is 32.1. The first-order chi connectivity index (χ1) is 8.72. The predicted molar refractivity (Wildman–Crippen MR) is 68.4 cm³/mol. The van der Waals surface area contributed by atoms with Crippen LogP contribution in [0.4, 0.5) is 18.3 Å². The second kappa shape index (κ2) is 4.48. The number of nitrogens with one attached hydrogen (secondary N) is 1. The number of aromatic nitrogens is 2. The van der Waals surface area contributed by atoms with Gasteiger partial charge in [0.25, 0.3) is 0 Å². The second-order valence-electron chi connectivity index (χ2n) is 4.58. The van der Waals surface area contributed by atoms with E-state index in [0.29, 0.717) is 10.4 Å². The lowest BCUT2D eigenvalue weighted by Crippen LogP contribution is -2.37. The summed E-state index contributed by atoms with van der Waals surface area (Å²) in [5.41, 5.74) is 5.89. The van der Waals surface area contributed by atoms with Crippen molar-refractivity contribution >= 4 is 16.5 Å². The minimum atomic E-state index is -4.37. The monoisotopic (exact) mass is 286 g/mol. The third-order valence-electron chi connectivity index (χ3n) is 2.90. The van der Waals surface area contributed by atoms with Crippen molar-refractivity contribution in [3.63, 3.8) is 0 Å². The summed E-state index contributed by atoms with van der Waals surface area (Å²) in [5, 5.41) is 0.128. The summed E-state index contributed by atoms with van der Waals surface area (Å²) in [6.45, 7) is 2.20. The predicted octanol–water partition coefficient (Wildman–Crippen LogP) is 4.73. The van der Waals surface area contributed by atoms with Crippen molar-refractivity contribution < 1.29 is 13.2 Å². The Balaban J connectivity index is 2.46. The molecule has 0 radical (unpaired) electrons. The van der Waals surface area contributed by atoms with Crippen molar-refractivity contribution in [2.45, 2.75) is 25.4 Å². The molecule has 0 saturated carbocycles. The fraction of sp³-hybridized carbons (Fsp3) is 0.333. The summed E-state index contributed by atoms with van der Waals surface area (Å²) >= 11 is 1.11. The van der Waals surface area contributed by atoms with Gasteiger partial charge in [-0.2, -0.15) is 13.2 Å². The number of thiazole rings is 1. The molecule has 0 bridgehead atoms. The molecule has 0 aliphatic rings. The standard InChI is InChI=1S/C12H11F3N3S/c1-11(2,12(13,14)15)9-5-7(3-4-17-9)8-6-18-10(16)19-8/h3-6H,1-2H3,(H-,16,18)/q-1. The molecule has 3 nitrogen and oxygen atoms in total. The highest BCUT2D eigenvalue weighted by Crippen LogP contribution is 2.40. The summed E-state index contributed by atoms with van der Waals surface area (Å²) in [6, 6.07) is 3.02. The molecule has 0 unspecified atom stereocenters. The molecule has 0 aromatic carbocycles. The van der Waals surface area contributed by atoms with Crippen LogP contribution in [0.25, 0.3) is 16.2 Å². The van der Waals surface area contributed by atoms with Gasteiger partial charge in [-0.05, 0) is 36.7 Å². The molecule has 2 heterocycles. The van der Waals surface area contributed by atoms with Crippen LogP contribution < -0.4 is 0 Å². The van der Waals surface area contributed by atoms with Crippen LogP contribution in [0, 0.1) is 0 Å². The molecule has 0 aliphatic heterocycles. The van der Waals surface area contributed by atoms with E-state index in [2.05, 4.69) is 9.97 Å². The molecule has 1 N–H and O–H groups in total. The van der Waals surface area contributed by atoms with Crippen molar-refractivity contribution in [2.24, 2.45) is 0 Å². The first kappa shape index (κ1) is 13.8. The Morgan fingerprint density at radius 1 is 1.21 bits per heavy atom. The topological polar surface area (TPSA) is 49.6 Å². The minimum absolute atomic E-state index is 0.0440. The van der Waals surface area contributed by atoms with E-state index >= 15 is 0 Å². The third-order valence-corrected chi connectivity index (χ3v) is 3.76. The van der Waals surface area contributed by atoms with Gasteiger partial charge in [0.15, 0.2) is 0 Å². The summed E-state index contributed by atoms with van der Waals surface area (Å²) in [4.78, 5) is 8.26. The summed E-state index contributed by atoms with van der Waals surface area (Å²) in [7, 11) is 0. The summed E-state index contributed by atoms with van der Waals surface area (Å²) in [5.74, 6) is 0. The van der Waals surface area contributed by atoms with E-state index in [1.807, 2.05) is 0 Å². The molecule has 19 heavy (non-hydrogen) atoms. The zero-order chi connectivity index (χ0) is 14.3. The van der Waals surface area contributed by atoms with E-state index in [4.69, 9.17) is 5.73 Å². The Hall–Kier alpha value is -1.63. The molecular weight excluding hydrogens is 275 g/mol. The van der Waals surface area contributed by atoms with Crippen LogP contribution in [-0.4, -0.2) is 16.1 Å². The highest BCUT2D eigenvalue weighted by Gasteiger charge is 2.49. The highest BCUT2D eigenvalue weighted by molar-refractivity contribution is 7.18. The van der Waals surface area contributed by atoms with Crippen molar-refractivity contribution in [2.75, 3.05) is 0 Å². The minimum Gasteiger partial charge on any atom is -0.473 e. The van der Waals surface area contributed by atoms with E-state index in [-0.39, 0.29) is 10.8 Å². The van der Waals surface area contributed by atoms with E-state index < -0.39 is 11.6 Å². The molecule has 0 fully saturated rings. The third kappa shape index (κ3) is 2.56. The maximum atomic E-state index is 13.0. The Morgan fingerprint density at radius 3 is 2.42 bits per heavy atom. The molecule has 0 saturated heterocycles. The molecule has 2 rings (SSSR count). The van der Waals surface area contributed by atoms with Gasteiger partial charge in [-0.3, -0.25) is 4.98 Å². The van der Waals surface area contributed by atoms with Crippen LogP contribution in [0.2, 0.25) is 0 Å². The van der Waals surface area contributed by atoms with Gasteiger partial charge >= 0.3 is 6.18 Å². The van der Waals surface area contributed by atoms with Crippen LogP contribution in [0.3, 0.4) is 0 Å². The van der Waals surface area contributed by atoms with Gasteiger partial charge in [-0.25, -0.2) is 0 Å². The van der Waals surface area contributed by atoms with Gasteiger partial charge in [0.05, 0.1) is 5.69 Å². The Morgan fingerprint density at radius 2 is 1.89 bits per heavy atom. The largest absolute Gasteiger partial charge is 0.473 e. The Bertz CT molecular complexity index is 590. The lowest BCUT2D eigenvalue weighted by molar-refractivity contribution is -0.181. The van der Waals surface area contributed by atoms with Crippen LogP contribution in [0.15, 0.2) is 24.5 Å². The zero-order valence-corrected chi connectivity index (χ0v) is 11.1. The molecule has 2 aromatic rings. The molecule has 0 amide bonds. The van der Waals surface area contributed by atoms with Crippen LogP contribution in [0.1, 0.15) is 19.5 Å². The molecular formula is C12H11F3N3S-. The van der Waals surface area contributed by atoms with Gasteiger partial charge < -0.3 is 10.7 Å². The van der Waals surface area contributed by atoms with Crippen molar-refractivity contribution in [1.29, 1.82) is 0 Å². The average molecular weight is 286 g/mol. The van der Waals surface area contributed by atoms with E-state index in [1.165, 1.54) is 18.5 Å². The SMILES string of the molecule is CC(C)(c1cc(-c2cnc([NH-])s2)ccn1)C(F)(F)F. The number of halogens is 3. The van der Waals surface area contributed by atoms with Crippen LogP contribution >= 0.6 is 11.3 Å². The molecule has 2 aromatic heterocycles. The second-order valence-corrected chi connectivity index (χ2v) is 5.61. The maximum Gasteiger partial charge on any atom is 0.399 e. The fourth-order valence-electron chi connectivity index (χ4n) is 1.48. The van der Waals surface area contributed by atoms with Gasteiger partial charge in [0, 0.05) is 11.1 Å². The van der Waals surface area contributed by atoms with E-state index in [1.54, 1.807) is 6.07 Å². The number of alkyl halides is 3. The normalized spacial score (nSPS) is 12.7. The average Bonchev–Trinajstić information content (AvgIpc) is 2.75. The number of rotatable bonds is 2. The van der Waals surface area contributed by atoms with Gasteiger partial charge in [-0.1, -0.05) is 6.20 Å². The van der Waals surface area contributed by atoms with E-state index in [0.717, 1.165) is 25.2 Å². The summed E-state index contributed by atoms with van der Waals surface area (Å²) in [6.07, 6.45) is -1.54. The smallest absolute Gasteiger partial charge is 0.399 e. The van der Waals surface area contributed by atoms with Crippen molar-refractivity contribution in [3.8, 4) is 10.4 Å². The van der Waals surface area contributed by atoms with Crippen molar-refractivity contribution in [3.05, 3.63) is 36.0 Å². The summed E-state index contributed by atoms with van der Waals surface area (Å²) < 4.78 is 38.9. The fourth-order valence-corrected chi connectivity index (χ4v) is 2.14. The zero-order valence-electron chi connectivity index (χ0n) is 10.2. The number of nitrogens with zero attached hydrogens (tertiary/aromatic N) is 2. The van der Waals surface area contributed by atoms with Crippen molar-refractivity contribution in [1.82, 2.24) is 9.97 Å². The van der Waals surface area contributed by atoms with E-state index in [9.17, 15) is 13.2 Å². The quantitative estimate of drug-likeness (QED) is 0.801. The van der Waals surface area contributed by atoms with Gasteiger partial charge in [0.1, 0.15) is 5.41 Å². The molecule has 0 spiro atoms. The Labute approximate surface area is 112 Å². The Kier molecular flexibility index (Phi) is 3.25. The number of hydrogen-bond donors (Lipinski definition) is 0. The number of pyridine rings is 1. The molecule has 102 valence electrons. The first-order valence-corrected chi connectivity index (χ1v) is 6.24. The van der Waals surface area contributed by atoms with Gasteiger partial charge in [-0.15, -0.1) is 11.3 Å². The molecule has 7 heteroatoms. The lowest BCUT2D eigenvalue weighted by atomic mass is 9.87. The lowest BCUT2D eigenvalue weighted by Gasteiger charge is -2.27. The van der Waals surface area contributed by atoms with Crippen LogP contribution in [0.5, 0.6) is 0 Å². The van der Waals surface area contributed by atoms with Gasteiger partial charge in [0.2, 0.25) is 0 Å².